The highest BCUT2D eigenvalue weighted by atomic mass is 19.1. The molecule has 2 nitrogen and oxygen atoms in total. The van der Waals surface area contributed by atoms with Gasteiger partial charge < -0.3 is 5.32 Å². The van der Waals surface area contributed by atoms with Crippen LogP contribution in [0.5, 0.6) is 0 Å². The Hall–Kier alpha value is -0.930. The highest BCUT2D eigenvalue weighted by Crippen LogP contribution is 2.14. The smallest absolute Gasteiger partial charge is 0.123 e. The van der Waals surface area contributed by atoms with Gasteiger partial charge in [-0.1, -0.05) is 12.1 Å². The van der Waals surface area contributed by atoms with Gasteiger partial charge in [-0.2, -0.15) is 0 Å². The fourth-order valence-corrected chi connectivity index (χ4v) is 1.37. The molecular formula is C10H15FN2. The lowest BCUT2D eigenvalue weighted by atomic mass is 10.1. The number of benzene rings is 1. The third kappa shape index (κ3) is 2.50. The van der Waals surface area contributed by atoms with Gasteiger partial charge in [0.1, 0.15) is 5.82 Å². The van der Waals surface area contributed by atoms with E-state index in [0.29, 0.717) is 0 Å². The monoisotopic (exact) mass is 182 g/mol. The van der Waals surface area contributed by atoms with E-state index in [4.69, 9.17) is 0 Å². The van der Waals surface area contributed by atoms with Crippen LogP contribution in [0.2, 0.25) is 0 Å². The molecule has 0 bridgehead atoms. The Morgan fingerprint density at radius 3 is 2.15 bits per heavy atom. The van der Waals surface area contributed by atoms with Crippen LogP contribution in [-0.4, -0.2) is 26.0 Å². The number of rotatable bonds is 3. The van der Waals surface area contributed by atoms with Gasteiger partial charge in [0, 0.05) is 0 Å². The molecule has 0 radical (unpaired) electrons. The maximum Gasteiger partial charge on any atom is 0.123 e. The van der Waals surface area contributed by atoms with Crippen LogP contribution in [0.1, 0.15) is 11.7 Å². The molecular weight excluding hydrogens is 167 g/mol. The summed E-state index contributed by atoms with van der Waals surface area (Å²) in [5, 5.41) is 3.14. The van der Waals surface area contributed by atoms with Crippen molar-refractivity contribution in [3.05, 3.63) is 35.6 Å². The summed E-state index contributed by atoms with van der Waals surface area (Å²) in [6.45, 7) is 0. The second-order valence-corrected chi connectivity index (χ2v) is 3.21. The molecule has 1 aromatic rings. The van der Waals surface area contributed by atoms with E-state index in [2.05, 4.69) is 5.32 Å². The van der Waals surface area contributed by atoms with Gasteiger partial charge in [-0.25, -0.2) is 4.39 Å². The molecule has 1 atom stereocenters. The molecule has 72 valence electrons. The minimum atomic E-state index is -0.197. The predicted octanol–water partition coefficient (Wildman–Crippen LogP) is 1.61. The highest BCUT2D eigenvalue weighted by Gasteiger charge is 2.10. The second kappa shape index (κ2) is 4.35. The lowest BCUT2D eigenvalue weighted by molar-refractivity contribution is 0.264. The van der Waals surface area contributed by atoms with Gasteiger partial charge >= 0.3 is 0 Å². The fraction of sp³-hybridized carbons (Fsp3) is 0.400. The number of hydrogen-bond acceptors (Lipinski definition) is 2. The molecule has 1 N–H and O–H groups in total. The second-order valence-electron chi connectivity index (χ2n) is 3.21. The Balaban J connectivity index is 2.86. The Morgan fingerprint density at radius 2 is 1.77 bits per heavy atom. The first-order valence-electron chi connectivity index (χ1n) is 4.24. The van der Waals surface area contributed by atoms with Crippen molar-refractivity contribution in [2.45, 2.75) is 6.17 Å². The summed E-state index contributed by atoms with van der Waals surface area (Å²) in [5.74, 6) is -0.197. The maximum absolute atomic E-state index is 12.6. The molecule has 3 heteroatoms. The molecule has 0 aliphatic rings. The number of halogens is 1. The number of nitrogens with one attached hydrogen (secondary N) is 1. The third-order valence-corrected chi connectivity index (χ3v) is 1.98. The number of hydrogen-bond donors (Lipinski definition) is 1. The largest absolute Gasteiger partial charge is 0.301 e. The zero-order valence-corrected chi connectivity index (χ0v) is 8.21. The molecule has 1 unspecified atom stereocenters. The van der Waals surface area contributed by atoms with E-state index in [1.165, 1.54) is 12.1 Å². The topological polar surface area (TPSA) is 15.3 Å². The van der Waals surface area contributed by atoms with Crippen molar-refractivity contribution in [2.24, 2.45) is 0 Å². The lowest BCUT2D eigenvalue weighted by Crippen LogP contribution is -2.30. The van der Waals surface area contributed by atoms with Crippen LogP contribution in [0.25, 0.3) is 0 Å². The van der Waals surface area contributed by atoms with E-state index in [1.54, 1.807) is 12.1 Å². The molecule has 0 aliphatic carbocycles. The zero-order chi connectivity index (χ0) is 9.84. The van der Waals surface area contributed by atoms with E-state index >= 15 is 0 Å². The van der Waals surface area contributed by atoms with Gasteiger partial charge in [-0.05, 0) is 38.8 Å². The van der Waals surface area contributed by atoms with Crippen molar-refractivity contribution in [3.63, 3.8) is 0 Å². The Morgan fingerprint density at radius 1 is 1.23 bits per heavy atom. The van der Waals surface area contributed by atoms with Gasteiger partial charge in [0.25, 0.3) is 0 Å². The van der Waals surface area contributed by atoms with E-state index in [0.717, 1.165) is 5.56 Å². The van der Waals surface area contributed by atoms with Gasteiger partial charge in [-0.15, -0.1) is 0 Å². The molecule has 0 aliphatic heterocycles. The molecule has 0 heterocycles. The van der Waals surface area contributed by atoms with Crippen molar-refractivity contribution < 1.29 is 4.39 Å². The summed E-state index contributed by atoms with van der Waals surface area (Å²) in [7, 11) is 5.84. The Kier molecular flexibility index (Phi) is 3.39. The van der Waals surface area contributed by atoms with Crippen LogP contribution in [0.15, 0.2) is 24.3 Å². The van der Waals surface area contributed by atoms with Crippen LogP contribution < -0.4 is 5.32 Å². The summed E-state index contributed by atoms with van der Waals surface area (Å²) in [6.07, 6.45) is 0.139. The quantitative estimate of drug-likeness (QED) is 0.714. The van der Waals surface area contributed by atoms with Crippen LogP contribution in [0.4, 0.5) is 4.39 Å². The van der Waals surface area contributed by atoms with E-state index < -0.39 is 0 Å². The first-order valence-corrected chi connectivity index (χ1v) is 4.24. The predicted molar refractivity (Wildman–Crippen MR) is 51.9 cm³/mol. The molecule has 1 rings (SSSR count). The summed E-state index contributed by atoms with van der Waals surface area (Å²) < 4.78 is 12.6. The number of nitrogens with zero attached hydrogens (tertiary/aromatic N) is 1. The van der Waals surface area contributed by atoms with E-state index in [1.807, 2.05) is 26.0 Å². The SMILES string of the molecule is CNC(c1ccc(F)cc1)N(C)C. The Labute approximate surface area is 78.4 Å². The minimum absolute atomic E-state index is 0.139. The molecule has 0 aromatic heterocycles. The zero-order valence-electron chi connectivity index (χ0n) is 8.21. The molecule has 0 saturated carbocycles. The van der Waals surface area contributed by atoms with Gasteiger partial charge in [-0.3, -0.25) is 4.90 Å². The van der Waals surface area contributed by atoms with E-state index in [-0.39, 0.29) is 12.0 Å². The average molecular weight is 182 g/mol. The molecule has 0 saturated heterocycles. The fourth-order valence-electron chi connectivity index (χ4n) is 1.37. The van der Waals surface area contributed by atoms with Gasteiger partial charge in [0.15, 0.2) is 0 Å². The normalized spacial score (nSPS) is 13.3. The first kappa shape index (κ1) is 10.2. The molecule has 1 aromatic carbocycles. The Bertz CT molecular complexity index is 256. The van der Waals surface area contributed by atoms with Crippen molar-refractivity contribution in [1.82, 2.24) is 10.2 Å². The van der Waals surface area contributed by atoms with Gasteiger partial charge in [0.2, 0.25) is 0 Å². The first-order chi connectivity index (χ1) is 6.15. The molecule has 13 heavy (non-hydrogen) atoms. The maximum atomic E-state index is 12.6. The summed E-state index contributed by atoms with van der Waals surface area (Å²) in [4.78, 5) is 2.03. The average Bonchev–Trinajstić information content (AvgIpc) is 2.09. The van der Waals surface area contributed by atoms with Crippen LogP contribution in [-0.2, 0) is 0 Å². The minimum Gasteiger partial charge on any atom is -0.301 e. The summed E-state index contributed by atoms with van der Waals surface area (Å²) in [5.41, 5.74) is 1.06. The third-order valence-electron chi connectivity index (χ3n) is 1.98. The van der Waals surface area contributed by atoms with Crippen LogP contribution >= 0.6 is 0 Å². The molecule has 0 amide bonds. The van der Waals surface area contributed by atoms with Crippen LogP contribution in [0.3, 0.4) is 0 Å². The van der Waals surface area contributed by atoms with E-state index in [9.17, 15) is 4.39 Å². The van der Waals surface area contributed by atoms with Crippen LogP contribution in [0, 0.1) is 5.82 Å². The lowest BCUT2D eigenvalue weighted by Gasteiger charge is -2.23. The molecule has 0 spiro atoms. The van der Waals surface area contributed by atoms with Crippen molar-refractivity contribution >= 4 is 0 Å². The standard InChI is InChI=1S/C10H15FN2/c1-12-10(13(2)3)8-4-6-9(11)7-5-8/h4-7,10,12H,1-3H3. The van der Waals surface area contributed by atoms with Gasteiger partial charge in [0.05, 0.1) is 6.17 Å². The van der Waals surface area contributed by atoms with Crippen molar-refractivity contribution in [3.8, 4) is 0 Å². The van der Waals surface area contributed by atoms with Crippen molar-refractivity contribution in [1.29, 1.82) is 0 Å². The summed E-state index contributed by atoms with van der Waals surface area (Å²) >= 11 is 0. The molecule has 0 fully saturated rings. The highest BCUT2D eigenvalue weighted by molar-refractivity contribution is 5.19. The van der Waals surface area contributed by atoms with Crippen molar-refractivity contribution in [2.75, 3.05) is 21.1 Å². The summed E-state index contributed by atoms with van der Waals surface area (Å²) in [6, 6.07) is 6.53.